The first-order chi connectivity index (χ1) is 7.84. The number of ether oxygens (including phenoxy) is 1. The van der Waals surface area contributed by atoms with Gasteiger partial charge < -0.3 is 9.84 Å². The molecule has 0 radical (unpaired) electrons. The van der Waals surface area contributed by atoms with Crippen molar-refractivity contribution in [2.75, 3.05) is 6.61 Å². The smallest absolute Gasteiger partial charge is 0.118 e. The van der Waals surface area contributed by atoms with Crippen molar-refractivity contribution < 1.29 is 9.84 Å². The molecule has 1 aromatic carbocycles. The summed E-state index contributed by atoms with van der Waals surface area (Å²) in [6.07, 6.45) is 0.561. The van der Waals surface area contributed by atoms with E-state index in [0.29, 0.717) is 13.0 Å². The van der Waals surface area contributed by atoms with Gasteiger partial charge in [-0.15, -0.1) is 0 Å². The molecule has 0 aromatic heterocycles. The van der Waals surface area contributed by atoms with Gasteiger partial charge in [-0.25, -0.2) is 0 Å². The van der Waals surface area contributed by atoms with Crippen LogP contribution in [0.5, 0.6) is 0 Å². The molecular weight excluding hydrogens is 212 g/mol. The summed E-state index contributed by atoms with van der Waals surface area (Å²) in [7, 11) is 0. The van der Waals surface area contributed by atoms with Crippen molar-refractivity contribution in [2.45, 2.75) is 51.2 Å². The van der Waals surface area contributed by atoms with Crippen molar-refractivity contribution in [3.05, 3.63) is 35.4 Å². The first-order valence-corrected chi connectivity index (χ1v) is 6.29. The highest BCUT2D eigenvalue weighted by Gasteiger charge is 2.41. The van der Waals surface area contributed by atoms with Gasteiger partial charge in [0.2, 0.25) is 0 Å². The molecule has 1 aliphatic rings. The van der Waals surface area contributed by atoms with Crippen LogP contribution in [0.15, 0.2) is 24.3 Å². The summed E-state index contributed by atoms with van der Waals surface area (Å²) in [4.78, 5) is 0. The van der Waals surface area contributed by atoms with Crippen LogP contribution in [0.2, 0.25) is 0 Å². The third-order valence-electron chi connectivity index (χ3n) is 3.77. The van der Waals surface area contributed by atoms with Crippen molar-refractivity contribution in [2.24, 2.45) is 0 Å². The number of aliphatic hydroxyl groups is 1. The minimum Gasteiger partial charge on any atom is -0.382 e. The van der Waals surface area contributed by atoms with E-state index in [4.69, 9.17) is 4.74 Å². The topological polar surface area (TPSA) is 29.5 Å². The van der Waals surface area contributed by atoms with Crippen molar-refractivity contribution in [3.63, 3.8) is 0 Å². The number of hydrogen-bond acceptors (Lipinski definition) is 2. The Hall–Kier alpha value is -0.860. The zero-order valence-corrected chi connectivity index (χ0v) is 11.2. The van der Waals surface area contributed by atoms with Crippen LogP contribution in [0.3, 0.4) is 0 Å². The minimum absolute atomic E-state index is 0.122. The van der Waals surface area contributed by atoms with Gasteiger partial charge >= 0.3 is 0 Å². The summed E-state index contributed by atoms with van der Waals surface area (Å²) in [5, 5.41) is 10.6. The maximum Gasteiger partial charge on any atom is 0.118 e. The van der Waals surface area contributed by atoms with Crippen molar-refractivity contribution in [3.8, 4) is 0 Å². The quantitative estimate of drug-likeness (QED) is 0.809. The molecule has 17 heavy (non-hydrogen) atoms. The van der Waals surface area contributed by atoms with Crippen molar-refractivity contribution in [1.82, 2.24) is 0 Å². The summed E-state index contributed by atoms with van der Waals surface area (Å²) < 4.78 is 5.47. The molecule has 1 heterocycles. The third kappa shape index (κ3) is 2.24. The van der Waals surface area contributed by atoms with Gasteiger partial charge in [-0.05, 0) is 23.5 Å². The first-order valence-electron chi connectivity index (χ1n) is 6.29. The molecule has 0 bridgehead atoms. The molecule has 0 saturated carbocycles. The van der Waals surface area contributed by atoms with Gasteiger partial charge in [-0.2, -0.15) is 0 Å². The highest BCUT2D eigenvalue weighted by Crippen LogP contribution is 2.36. The average molecular weight is 234 g/mol. The molecule has 1 saturated heterocycles. The highest BCUT2D eigenvalue weighted by atomic mass is 16.5. The fraction of sp³-hybridized carbons (Fsp3) is 0.600. The highest BCUT2D eigenvalue weighted by molar-refractivity contribution is 5.32. The standard InChI is InChI=1S/C15H22O2/c1-11-15(16,9-10-17-11)13-7-5-12(6-8-13)14(2,3)4/h5-8,11,16H,9-10H2,1-4H3. The van der Waals surface area contributed by atoms with E-state index in [1.54, 1.807) is 0 Å². The van der Waals surface area contributed by atoms with E-state index >= 15 is 0 Å². The van der Waals surface area contributed by atoms with Crippen LogP contribution >= 0.6 is 0 Å². The molecule has 1 fully saturated rings. The van der Waals surface area contributed by atoms with E-state index in [9.17, 15) is 5.11 Å². The fourth-order valence-electron chi connectivity index (χ4n) is 2.37. The van der Waals surface area contributed by atoms with Crippen LogP contribution in [-0.4, -0.2) is 17.8 Å². The number of hydrogen-bond donors (Lipinski definition) is 1. The third-order valence-corrected chi connectivity index (χ3v) is 3.77. The second kappa shape index (κ2) is 4.11. The Kier molecular flexibility index (Phi) is 3.04. The second-order valence-electron chi connectivity index (χ2n) is 6.01. The summed E-state index contributed by atoms with van der Waals surface area (Å²) in [5.41, 5.74) is 1.60. The monoisotopic (exact) mass is 234 g/mol. The maximum atomic E-state index is 10.6. The zero-order valence-electron chi connectivity index (χ0n) is 11.2. The molecule has 0 spiro atoms. The zero-order chi connectivity index (χ0) is 12.7. The average Bonchev–Trinajstić information content (AvgIpc) is 2.60. The second-order valence-corrected chi connectivity index (χ2v) is 6.01. The Bertz CT molecular complexity index is 388. The summed E-state index contributed by atoms with van der Waals surface area (Å²) in [6, 6.07) is 8.29. The van der Waals surface area contributed by atoms with Gasteiger partial charge in [-0.3, -0.25) is 0 Å². The van der Waals surface area contributed by atoms with Crippen LogP contribution in [0, 0.1) is 0 Å². The number of benzene rings is 1. The van der Waals surface area contributed by atoms with Crippen molar-refractivity contribution in [1.29, 1.82) is 0 Å². The predicted octanol–water partition coefficient (Wildman–Crippen LogP) is 2.98. The van der Waals surface area contributed by atoms with Crippen LogP contribution in [-0.2, 0) is 15.8 Å². The molecule has 0 aliphatic carbocycles. The number of rotatable bonds is 1. The SMILES string of the molecule is CC1OCCC1(O)c1ccc(C(C)(C)C)cc1. The summed E-state index contributed by atoms with van der Waals surface area (Å²) >= 11 is 0. The van der Waals surface area contributed by atoms with Gasteiger partial charge in [0, 0.05) is 6.42 Å². The Balaban J connectivity index is 2.30. The maximum absolute atomic E-state index is 10.6. The van der Waals surface area contributed by atoms with Crippen molar-refractivity contribution >= 4 is 0 Å². The van der Waals surface area contributed by atoms with E-state index in [1.165, 1.54) is 5.56 Å². The minimum atomic E-state index is -0.809. The summed E-state index contributed by atoms with van der Waals surface area (Å²) in [5.74, 6) is 0. The Morgan fingerprint density at radius 3 is 2.24 bits per heavy atom. The van der Waals surface area contributed by atoms with Gasteiger partial charge in [-0.1, -0.05) is 45.0 Å². The van der Waals surface area contributed by atoms with E-state index < -0.39 is 5.60 Å². The molecule has 1 aliphatic heterocycles. The lowest BCUT2D eigenvalue weighted by Crippen LogP contribution is -2.33. The van der Waals surface area contributed by atoms with E-state index in [0.717, 1.165) is 5.56 Å². The largest absolute Gasteiger partial charge is 0.382 e. The molecule has 2 rings (SSSR count). The van der Waals surface area contributed by atoms with E-state index in [2.05, 4.69) is 32.9 Å². The molecule has 2 heteroatoms. The van der Waals surface area contributed by atoms with Crippen LogP contribution < -0.4 is 0 Å². The van der Waals surface area contributed by atoms with E-state index in [1.807, 2.05) is 19.1 Å². The molecule has 1 aromatic rings. The molecule has 0 amide bonds. The lowest BCUT2D eigenvalue weighted by molar-refractivity contribution is -0.0317. The Morgan fingerprint density at radius 1 is 1.24 bits per heavy atom. The predicted molar refractivity (Wildman–Crippen MR) is 69.1 cm³/mol. The molecule has 94 valence electrons. The van der Waals surface area contributed by atoms with E-state index in [-0.39, 0.29) is 11.5 Å². The fourth-order valence-corrected chi connectivity index (χ4v) is 2.37. The molecule has 2 unspecified atom stereocenters. The van der Waals surface area contributed by atoms with Gasteiger partial charge in [0.05, 0.1) is 12.7 Å². The van der Waals surface area contributed by atoms with Gasteiger partial charge in [0.15, 0.2) is 0 Å². The summed E-state index contributed by atoms with van der Waals surface area (Å²) in [6.45, 7) is 9.15. The van der Waals surface area contributed by atoms with Gasteiger partial charge in [0.1, 0.15) is 5.60 Å². The molecule has 1 N–H and O–H groups in total. The Labute approximate surface area is 104 Å². The first kappa shape index (κ1) is 12.6. The lowest BCUT2D eigenvalue weighted by atomic mass is 9.83. The Morgan fingerprint density at radius 2 is 1.82 bits per heavy atom. The van der Waals surface area contributed by atoms with Crippen LogP contribution in [0.4, 0.5) is 0 Å². The lowest BCUT2D eigenvalue weighted by Gasteiger charge is -2.27. The van der Waals surface area contributed by atoms with Crippen LogP contribution in [0.1, 0.15) is 45.2 Å². The normalized spacial score (nSPS) is 29.6. The van der Waals surface area contributed by atoms with Gasteiger partial charge in [0.25, 0.3) is 0 Å². The van der Waals surface area contributed by atoms with Crippen LogP contribution in [0.25, 0.3) is 0 Å². The molecular formula is C15H22O2. The molecule has 2 atom stereocenters. The molecule has 2 nitrogen and oxygen atoms in total.